The van der Waals surface area contributed by atoms with Crippen LogP contribution in [0, 0.1) is 25.2 Å². The van der Waals surface area contributed by atoms with Gasteiger partial charge in [-0.15, -0.1) is 0 Å². The molecule has 4 rings (SSSR count). The minimum Gasteiger partial charge on any atom is -0.497 e. The van der Waals surface area contributed by atoms with Gasteiger partial charge in [0.05, 0.1) is 25.3 Å². The number of carbonyl (C=O) groups is 1. The summed E-state index contributed by atoms with van der Waals surface area (Å²) in [7, 11) is 1.65. The Morgan fingerprint density at radius 1 is 0.919 bits per heavy atom. The lowest BCUT2D eigenvalue weighted by atomic mass is 10.0. The van der Waals surface area contributed by atoms with Gasteiger partial charge in [0, 0.05) is 29.9 Å². The smallest absolute Gasteiger partial charge is 0.220 e. The number of carbonyl (C=O) groups excluding carboxylic acids is 1. The Hall–Kier alpha value is -4.30. The number of methoxy groups -OCH3 is 1. The van der Waals surface area contributed by atoms with Crippen molar-refractivity contribution in [2.45, 2.75) is 39.5 Å². The SMILES string of the molecule is COc1ccc(CCNC(=O)CCc2ccc(-c3ccc(C)cc3C)n2-c2ccc(CC#N)cc2)cc1. The quantitative estimate of drug-likeness (QED) is 0.290. The van der Waals surface area contributed by atoms with Gasteiger partial charge in [-0.3, -0.25) is 4.79 Å². The minimum atomic E-state index is 0.0405. The lowest BCUT2D eigenvalue weighted by Gasteiger charge is -2.16. The number of rotatable bonds is 10. The molecule has 5 nitrogen and oxygen atoms in total. The van der Waals surface area contributed by atoms with E-state index in [9.17, 15) is 4.79 Å². The molecule has 0 aliphatic carbocycles. The van der Waals surface area contributed by atoms with Gasteiger partial charge in [-0.1, -0.05) is 48.0 Å². The molecule has 188 valence electrons. The molecule has 37 heavy (non-hydrogen) atoms. The van der Waals surface area contributed by atoms with Crippen molar-refractivity contribution in [2.75, 3.05) is 13.7 Å². The van der Waals surface area contributed by atoms with E-state index in [-0.39, 0.29) is 5.91 Å². The highest BCUT2D eigenvalue weighted by Gasteiger charge is 2.15. The average molecular weight is 492 g/mol. The van der Waals surface area contributed by atoms with Crippen LogP contribution < -0.4 is 10.1 Å². The van der Waals surface area contributed by atoms with Crippen molar-refractivity contribution in [1.82, 2.24) is 9.88 Å². The summed E-state index contributed by atoms with van der Waals surface area (Å²) in [6, 6.07) is 29.0. The van der Waals surface area contributed by atoms with Gasteiger partial charge in [-0.25, -0.2) is 0 Å². The first-order valence-corrected chi connectivity index (χ1v) is 12.6. The van der Waals surface area contributed by atoms with Crippen LogP contribution in [0.4, 0.5) is 0 Å². The summed E-state index contributed by atoms with van der Waals surface area (Å²) in [5, 5.41) is 12.1. The Bertz CT molecular complexity index is 1390. The molecule has 3 aromatic carbocycles. The number of hydrogen-bond acceptors (Lipinski definition) is 3. The van der Waals surface area contributed by atoms with E-state index in [1.807, 2.05) is 36.4 Å². The van der Waals surface area contributed by atoms with E-state index in [2.05, 4.69) is 72.3 Å². The molecule has 0 saturated carbocycles. The fraction of sp³-hybridized carbons (Fsp3) is 0.250. The Kier molecular flexibility index (Phi) is 8.43. The molecular formula is C32H33N3O2. The highest BCUT2D eigenvalue weighted by molar-refractivity contribution is 5.76. The van der Waals surface area contributed by atoms with Crippen LogP contribution in [-0.4, -0.2) is 24.1 Å². The molecule has 0 aliphatic heterocycles. The highest BCUT2D eigenvalue weighted by Crippen LogP contribution is 2.30. The molecule has 0 bridgehead atoms. The molecule has 0 aliphatic rings. The van der Waals surface area contributed by atoms with E-state index in [0.717, 1.165) is 40.4 Å². The third-order valence-electron chi connectivity index (χ3n) is 6.60. The topological polar surface area (TPSA) is 67.0 Å². The van der Waals surface area contributed by atoms with Gasteiger partial charge in [0.1, 0.15) is 5.75 Å². The second-order valence-electron chi connectivity index (χ2n) is 9.31. The number of amides is 1. The first kappa shape index (κ1) is 25.8. The zero-order valence-electron chi connectivity index (χ0n) is 21.8. The summed E-state index contributed by atoms with van der Waals surface area (Å²) in [5.41, 5.74) is 8.96. The summed E-state index contributed by atoms with van der Waals surface area (Å²) >= 11 is 0. The Morgan fingerprint density at radius 3 is 2.32 bits per heavy atom. The average Bonchev–Trinajstić information content (AvgIpc) is 3.32. The van der Waals surface area contributed by atoms with E-state index >= 15 is 0 Å². The van der Waals surface area contributed by atoms with Crippen molar-refractivity contribution in [3.63, 3.8) is 0 Å². The van der Waals surface area contributed by atoms with Crippen LogP contribution in [0.25, 0.3) is 16.9 Å². The molecule has 0 radical (unpaired) electrons. The van der Waals surface area contributed by atoms with E-state index in [1.165, 1.54) is 16.7 Å². The number of benzene rings is 3. The first-order chi connectivity index (χ1) is 18.0. The monoisotopic (exact) mass is 491 g/mol. The van der Waals surface area contributed by atoms with Crippen molar-refractivity contribution in [3.05, 3.63) is 107 Å². The van der Waals surface area contributed by atoms with Gasteiger partial charge in [0.15, 0.2) is 0 Å². The van der Waals surface area contributed by atoms with Crippen molar-refractivity contribution in [2.24, 2.45) is 0 Å². The predicted octanol–water partition coefficient (Wildman–Crippen LogP) is 6.13. The van der Waals surface area contributed by atoms with Gasteiger partial charge in [0.2, 0.25) is 5.91 Å². The van der Waals surface area contributed by atoms with E-state index in [4.69, 9.17) is 10.00 Å². The summed E-state index contributed by atoms with van der Waals surface area (Å²) < 4.78 is 7.44. The molecule has 0 spiro atoms. The lowest BCUT2D eigenvalue weighted by Crippen LogP contribution is -2.26. The molecule has 1 heterocycles. The second-order valence-corrected chi connectivity index (χ2v) is 9.31. The maximum atomic E-state index is 12.7. The number of aromatic nitrogens is 1. The van der Waals surface area contributed by atoms with Gasteiger partial charge in [0.25, 0.3) is 0 Å². The van der Waals surface area contributed by atoms with Crippen LogP contribution in [0.15, 0.2) is 78.9 Å². The molecule has 0 atom stereocenters. The number of hydrogen-bond donors (Lipinski definition) is 1. The zero-order valence-corrected chi connectivity index (χ0v) is 21.8. The molecule has 4 aromatic rings. The number of nitrogens with zero attached hydrogens (tertiary/aromatic N) is 2. The third-order valence-corrected chi connectivity index (χ3v) is 6.60. The van der Waals surface area contributed by atoms with Gasteiger partial charge < -0.3 is 14.6 Å². The maximum Gasteiger partial charge on any atom is 0.220 e. The lowest BCUT2D eigenvalue weighted by molar-refractivity contribution is -0.121. The fourth-order valence-electron chi connectivity index (χ4n) is 4.61. The van der Waals surface area contributed by atoms with Gasteiger partial charge >= 0.3 is 0 Å². The van der Waals surface area contributed by atoms with E-state index in [0.29, 0.717) is 25.8 Å². The maximum absolute atomic E-state index is 12.7. The summed E-state index contributed by atoms with van der Waals surface area (Å²) in [5.74, 6) is 0.870. The van der Waals surface area contributed by atoms with E-state index < -0.39 is 0 Å². The van der Waals surface area contributed by atoms with Crippen LogP contribution in [-0.2, 0) is 24.1 Å². The molecular weight excluding hydrogens is 458 g/mol. The zero-order chi connectivity index (χ0) is 26.2. The Balaban J connectivity index is 1.49. The van der Waals surface area contributed by atoms with Gasteiger partial charge in [-0.2, -0.15) is 5.26 Å². The summed E-state index contributed by atoms with van der Waals surface area (Å²) in [6.07, 6.45) is 2.20. The van der Waals surface area contributed by atoms with Crippen molar-refractivity contribution >= 4 is 5.91 Å². The van der Waals surface area contributed by atoms with Gasteiger partial charge in [-0.05, 0) is 79.8 Å². The Morgan fingerprint density at radius 2 is 1.65 bits per heavy atom. The predicted molar refractivity (Wildman–Crippen MR) is 148 cm³/mol. The largest absolute Gasteiger partial charge is 0.497 e. The molecule has 1 N–H and O–H groups in total. The number of nitriles is 1. The molecule has 0 fully saturated rings. The van der Waals surface area contributed by atoms with Crippen LogP contribution in [0.3, 0.4) is 0 Å². The molecule has 5 heteroatoms. The molecule has 0 unspecified atom stereocenters. The van der Waals surface area contributed by atoms with Crippen LogP contribution in [0.2, 0.25) is 0 Å². The summed E-state index contributed by atoms with van der Waals surface area (Å²) in [6.45, 7) is 4.83. The molecule has 1 amide bonds. The van der Waals surface area contributed by atoms with Crippen molar-refractivity contribution in [1.29, 1.82) is 5.26 Å². The number of ether oxygens (including phenoxy) is 1. The highest BCUT2D eigenvalue weighted by atomic mass is 16.5. The minimum absolute atomic E-state index is 0.0405. The Labute approximate surface area is 219 Å². The van der Waals surface area contributed by atoms with E-state index in [1.54, 1.807) is 7.11 Å². The summed E-state index contributed by atoms with van der Waals surface area (Å²) in [4.78, 5) is 12.7. The standard InChI is InChI=1S/C32H33N3O2/c1-23-4-15-30(24(2)22-23)31-16-11-28(35(31)27-9-5-25(6-10-27)18-20-33)12-17-32(36)34-21-19-26-7-13-29(37-3)14-8-26/h4-11,13-16,22H,12,17-19,21H2,1-3H3,(H,34,36). The van der Waals surface area contributed by atoms with Crippen molar-refractivity contribution < 1.29 is 9.53 Å². The van der Waals surface area contributed by atoms with Crippen LogP contribution >= 0.6 is 0 Å². The molecule has 1 aromatic heterocycles. The fourth-order valence-corrected chi connectivity index (χ4v) is 4.61. The third kappa shape index (κ3) is 6.48. The normalized spacial score (nSPS) is 10.6. The van der Waals surface area contributed by atoms with Crippen molar-refractivity contribution in [3.8, 4) is 28.8 Å². The molecule has 0 saturated heterocycles. The van der Waals surface area contributed by atoms with Crippen LogP contribution in [0.1, 0.15) is 34.4 Å². The second kappa shape index (κ2) is 12.1. The first-order valence-electron chi connectivity index (χ1n) is 12.6. The number of aryl methyl sites for hydroxylation is 3. The van der Waals surface area contributed by atoms with Crippen LogP contribution in [0.5, 0.6) is 5.75 Å². The number of nitrogens with one attached hydrogen (secondary N) is 1.